The molecule has 1 aliphatic heterocycles. The lowest BCUT2D eigenvalue weighted by Gasteiger charge is -2.55. The molecule has 1 saturated heterocycles. The minimum atomic E-state index is -3.67. The zero-order chi connectivity index (χ0) is 19.7. The highest BCUT2D eigenvalue weighted by atomic mass is 32.2. The Morgan fingerprint density at radius 1 is 1.04 bits per heavy atom. The molecule has 4 aliphatic carbocycles. The predicted molar refractivity (Wildman–Crippen MR) is 103 cm³/mol. The van der Waals surface area contributed by atoms with E-state index in [1.165, 1.54) is 28.2 Å². The topological polar surface area (TPSA) is 81.5 Å². The Bertz CT molecular complexity index is 879. The van der Waals surface area contributed by atoms with Gasteiger partial charge in [0.05, 0.1) is 30.0 Å². The fourth-order valence-corrected chi connectivity index (χ4v) is 8.47. The molecule has 8 heteroatoms. The number of hydrogen-bond acceptors (Lipinski definition) is 5. The molecule has 0 aromatic carbocycles. The molecule has 4 bridgehead atoms. The van der Waals surface area contributed by atoms with Crippen molar-refractivity contribution in [1.29, 1.82) is 0 Å². The van der Waals surface area contributed by atoms with Crippen LogP contribution in [0.4, 0.5) is 0 Å². The van der Waals surface area contributed by atoms with E-state index in [-0.39, 0.29) is 16.2 Å². The van der Waals surface area contributed by atoms with Gasteiger partial charge >= 0.3 is 0 Å². The quantitative estimate of drug-likeness (QED) is 0.768. The van der Waals surface area contributed by atoms with Gasteiger partial charge in [-0.2, -0.15) is 9.40 Å². The van der Waals surface area contributed by atoms with E-state index in [2.05, 4.69) is 5.10 Å². The van der Waals surface area contributed by atoms with Crippen LogP contribution in [0.15, 0.2) is 4.90 Å². The third kappa shape index (κ3) is 2.71. The first-order valence-electron chi connectivity index (χ1n) is 10.5. The van der Waals surface area contributed by atoms with Gasteiger partial charge in [0.1, 0.15) is 4.90 Å². The molecule has 1 aromatic heterocycles. The first-order valence-corrected chi connectivity index (χ1v) is 11.9. The number of aryl methyl sites for hydroxylation is 1. The second-order valence-corrected chi connectivity index (χ2v) is 11.3. The molecule has 6 rings (SSSR count). The normalized spacial score (nSPS) is 35.4. The van der Waals surface area contributed by atoms with Crippen molar-refractivity contribution < 1.29 is 17.9 Å². The summed E-state index contributed by atoms with van der Waals surface area (Å²) < 4.78 is 34.6. The molecule has 5 aliphatic rings. The van der Waals surface area contributed by atoms with Crippen LogP contribution in [0.2, 0.25) is 0 Å². The molecular weight excluding hydrogens is 378 g/mol. The van der Waals surface area contributed by atoms with Gasteiger partial charge in [-0.05, 0) is 70.1 Å². The highest BCUT2D eigenvalue weighted by molar-refractivity contribution is 7.89. The van der Waals surface area contributed by atoms with Gasteiger partial charge in [-0.25, -0.2) is 13.1 Å². The maximum atomic E-state index is 13.7. The number of sulfonamides is 1. The number of carbonyl (C=O) groups is 1. The van der Waals surface area contributed by atoms with Gasteiger partial charge in [0.25, 0.3) is 5.91 Å². The molecule has 4 saturated carbocycles. The molecule has 0 atom stereocenters. The van der Waals surface area contributed by atoms with Crippen LogP contribution in [-0.4, -0.2) is 54.7 Å². The van der Waals surface area contributed by atoms with E-state index < -0.39 is 10.0 Å². The minimum absolute atomic E-state index is 0.0237. The first-order chi connectivity index (χ1) is 13.3. The number of carbonyl (C=O) groups excluding carboxylic acids is 1. The average Bonchev–Trinajstić information content (AvgIpc) is 2.95. The standard InChI is InChI=1S/C20H29N3O4S/c1-13-18(28(25,26)22-3-5-27-6-4-22)14(2)23(21-13)19(24)20-10-15-7-16(11-20)9-17(8-15)12-20/h15-17H,3-12H2,1-2H3. The zero-order valence-electron chi connectivity index (χ0n) is 16.7. The van der Waals surface area contributed by atoms with Gasteiger partial charge in [0, 0.05) is 13.1 Å². The van der Waals surface area contributed by atoms with E-state index in [1.807, 2.05) is 0 Å². The molecule has 0 amide bonds. The van der Waals surface area contributed by atoms with Crippen molar-refractivity contribution in [1.82, 2.24) is 14.1 Å². The fourth-order valence-electron chi connectivity index (χ4n) is 6.71. The molecule has 7 nitrogen and oxygen atoms in total. The van der Waals surface area contributed by atoms with Gasteiger partial charge in [0.2, 0.25) is 10.0 Å². The molecule has 0 unspecified atom stereocenters. The summed E-state index contributed by atoms with van der Waals surface area (Å²) in [5.41, 5.74) is 0.546. The van der Waals surface area contributed by atoms with Gasteiger partial charge in [-0.15, -0.1) is 0 Å². The Kier molecular flexibility index (Phi) is 4.27. The Morgan fingerprint density at radius 2 is 1.57 bits per heavy atom. The Labute approximate surface area is 166 Å². The molecule has 2 heterocycles. The molecule has 5 fully saturated rings. The third-order valence-electron chi connectivity index (χ3n) is 7.48. The second-order valence-electron chi connectivity index (χ2n) is 9.43. The second kappa shape index (κ2) is 6.37. The van der Waals surface area contributed by atoms with E-state index in [4.69, 9.17) is 4.74 Å². The first kappa shape index (κ1) is 18.8. The van der Waals surface area contributed by atoms with E-state index in [9.17, 15) is 13.2 Å². The number of rotatable bonds is 3. The van der Waals surface area contributed by atoms with Crippen LogP contribution in [0.3, 0.4) is 0 Å². The molecule has 154 valence electrons. The number of aromatic nitrogens is 2. The smallest absolute Gasteiger partial charge is 0.253 e. The minimum Gasteiger partial charge on any atom is -0.379 e. The van der Waals surface area contributed by atoms with Gasteiger partial charge in [0.15, 0.2) is 0 Å². The van der Waals surface area contributed by atoms with Crippen molar-refractivity contribution in [3.63, 3.8) is 0 Å². The summed E-state index contributed by atoms with van der Waals surface area (Å²) in [6, 6.07) is 0. The summed E-state index contributed by atoms with van der Waals surface area (Å²) in [6.45, 7) is 4.91. The largest absolute Gasteiger partial charge is 0.379 e. The maximum absolute atomic E-state index is 13.7. The molecule has 0 radical (unpaired) electrons. The van der Waals surface area contributed by atoms with Crippen molar-refractivity contribution >= 4 is 15.9 Å². The van der Waals surface area contributed by atoms with Crippen LogP contribution in [0.25, 0.3) is 0 Å². The molecule has 1 aromatic rings. The van der Waals surface area contributed by atoms with Crippen molar-refractivity contribution in [2.75, 3.05) is 26.3 Å². The van der Waals surface area contributed by atoms with Crippen LogP contribution in [0, 0.1) is 37.0 Å². The number of hydrogen-bond donors (Lipinski definition) is 0. The van der Waals surface area contributed by atoms with Crippen molar-refractivity contribution in [3.05, 3.63) is 11.4 Å². The summed E-state index contributed by atoms with van der Waals surface area (Å²) in [4.78, 5) is 13.9. The summed E-state index contributed by atoms with van der Waals surface area (Å²) >= 11 is 0. The summed E-state index contributed by atoms with van der Waals surface area (Å²) in [6.07, 6.45) is 6.63. The molecule has 0 spiro atoms. The average molecular weight is 408 g/mol. The van der Waals surface area contributed by atoms with Gasteiger partial charge < -0.3 is 4.74 Å². The fraction of sp³-hybridized carbons (Fsp3) is 0.800. The van der Waals surface area contributed by atoms with Crippen LogP contribution in [-0.2, 0) is 14.8 Å². The molecule has 28 heavy (non-hydrogen) atoms. The Balaban J connectivity index is 1.50. The number of nitrogens with zero attached hydrogens (tertiary/aromatic N) is 3. The van der Waals surface area contributed by atoms with E-state index >= 15 is 0 Å². The van der Waals surface area contributed by atoms with Crippen LogP contribution in [0.1, 0.15) is 54.7 Å². The summed E-state index contributed by atoms with van der Waals surface area (Å²) in [5.74, 6) is 1.99. The number of morpholine rings is 1. The number of ether oxygens (including phenoxy) is 1. The lowest BCUT2D eigenvalue weighted by Crippen LogP contribution is -2.51. The van der Waals surface area contributed by atoms with Crippen LogP contribution < -0.4 is 0 Å². The Morgan fingerprint density at radius 3 is 2.11 bits per heavy atom. The zero-order valence-corrected chi connectivity index (χ0v) is 17.5. The summed E-state index contributed by atoms with van der Waals surface area (Å²) in [5, 5.41) is 4.46. The molecule has 0 N–H and O–H groups in total. The highest BCUT2D eigenvalue weighted by Gasteiger charge is 2.55. The van der Waals surface area contributed by atoms with Crippen molar-refractivity contribution in [3.8, 4) is 0 Å². The summed E-state index contributed by atoms with van der Waals surface area (Å²) in [7, 11) is -3.67. The van der Waals surface area contributed by atoms with Crippen LogP contribution >= 0.6 is 0 Å². The maximum Gasteiger partial charge on any atom is 0.253 e. The lowest BCUT2D eigenvalue weighted by molar-refractivity contribution is -0.0410. The van der Waals surface area contributed by atoms with E-state index in [0.29, 0.717) is 55.4 Å². The molecular formula is C20H29N3O4S. The van der Waals surface area contributed by atoms with E-state index in [0.717, 1.165) is 19.3 Å². The monoisotopic (exact) mass is 407 g/mol. The van der Waals surface area contributed by atoms with E-state index in [1.54, 1.807) is 13.8 Å². The SMILES string of the molecule is Cc1nn(C(=O)C23CC4CC(CC(C4)C2)C3)c(C)c1S(=O)(=O)N1CCOCC1. The van der Waals surface area contributed by atoms with Gasteiger partial charge in [-0.3, -0.25) is 4.79 Å². The highest BCUT2D eigenvalue weighted by Crippen LogP contribution is 2.60. The van der Waals surface area contributed by atoms with Gasteiger partial charge in [-0.1, -0.05) is 0 Å². The Hall–Kier alpha value is -1.25. The van der Waals surface area contributed by atoms with Crippen LogP contribution in [0.5, 0.6) is 0 Å². The lowest BCUT2D eigenvalue weighted by atomic mass is 9.49. The third-order valence-corrected chi connectivity index (χ3v) is 9.63. The predicted octanol–water partition coefficient (Wildman–Crippen LogP) is 2.38. The van der Waals surface area contributed by atoms with Crippen molar-refractivity contribution in [2.24, 2.45) is 23.2 Å². The van der Waals surface area contributed by atoms with Crippen molar-refractivity contribution in [2.45, 2.75) is 57.3 Å².